The number of benzene rings is 1. The summed E-state index contributed by atoms with van der Waals surface area (Å²) in [5.41, 5.74) is 0.831. The first-order valence-electron chi connectivity index (χ1n) is 5.81. The highest BCUT2D eigenvalue weighted by molar-refractivity contribution is 7.15. The Morgan fingerprint density at radius 3 is 3.00 bits per heavy atom. The third-order valence-corrected chi connectivity index (χ3v) is 3.80. The molecular formula is C13H14ClFN2S. The fourth-order valence-electron chi connectivity index (χ4n) is 1.58. The van der Waals surface area contributed by atoms with E-state index < -0.39 is 0 Å². The van der Waals surface area contributed by atoms with E-state index in [9.17, 15) is 4.39 Å². The molecule has 2 aromatic rings. The molecule has 96 valence electrons. The Balaban J connectivity index is 2.13. The van der Waals surface area contributed by atoms with Gasteiger partial charge in [-0.15, -0.1) is 11.3 Å². The van der Waals surface area contributed by atoms with Gasteiger partial charge in [-0.05, 0) is 31.2 Å². The number of halogens is 2. The first kappa shape index (κ1) is 13.5. The molecule has 0 unspecified atom stereocenters. The highest BCUT2D eigenvalue weighted by atomic mass is 35.5. The van der Waals surface area contributed by atoms with Crippen molar-refractivity contribution in [2.24, 2.45) is 0 Å². The van der Waals surface area contributed by atoms with Crippen molar-refractivity contribution in [2.75, 3.05) is 6.54 Å². The zero-order valence-electron chi connectivity index (χ0n) is 10.0. The SMILES string of the molecule is CCCNCc1ncc(-c2ccc(F)cc2Cl)s1. The molecule has 0 saturated heterocycles. The van der Waals surface area contributed by atoms with Gasteiger partial charge in [-0.1, -0.05) is 18.5 Å². The summed E-state index contributed by atoms with van der Waals surface area (Å²) in [6.45, 7) is 3.86. The number of rotatable bonds is 5. The van der Waals surface area contributed by atoms with E-state index in [-0.39, 0.29) is 5.82 Å². The maximum absolute atomic E-state index is 13.0. The van der Waals surface area contributed by atoms with Gasteiger partial charge < -0.3 is 5.32 Å². The minimum Gasteiger partial charge on any atom is -0.310 e. The van der Waals surface area contributed by atoms with Crippen LogP contribution in [0, 0.1) is 5.82 Å². The standard InChI is InChI=1S/C13H14ClFN2S/c1-2-5-16-8-13-17-7-12(18-13)10-4-3-9(15)6-11(10)14/h3-4,6-7,16H,2,5,8H2,1H3. The van der Waals surface area contributed by atoms with Gasteiger partial charge in [0.15, 0.2) is 0 Å². The summed E-state index contributed by atoms with van der Waals surface area (Å²) in [4.78, 5) is 5.30. The van der Waals surface area contributed by atoms with Crippen LogP contribution in [-0.4, -0.2) is 11.5 Å². The van der Waals surface area contributed by atoms with Crippen LogP contribution < -0.4 is 5.32 Å². The summed E-state index contributed by atoms with van der Waals surface area (Å²) in [5.74, 6) is -0.321. The summed E-state index contributed by atoms with van der Waals surface area (Å²) in [5, 5.41) is 4.73. The number of thiazole rings is 1. The van der Waals surface area contributed by atoms with Crippen LogP contribution in [0.1, 0.15) is 18.4 Å². The van der Waals surface area contributed by atoms with E-state index in [0.717, 1.165) is 35.0 Å². The van der Waals surface area contributed by atoms with E-state index in [1.54, 1.807) is 23.6 Å². The summed E-state index contributed by atoms with van der Waals surface area (Å²) < 4.78 is 13.0. The monoisotopic (exact) mass is 284 g/mol. The van der Waals surface area contributed by atoms with Crippen molar-refractivity contribution in [1.29, 1.82) is 0 Å². The summed E-state index contributed by atoms with van der Waals surface area (Å²) in [6, 6.07) is 4.43. The zero-order chi connectivity index (χ0) is 13.0. The molecule has 0 bridgehead atoms. The van der Waals surface area contributed by atoms with Crippen molar-refractivity contribution in [3.8, 4) is 10.4 Å². The van der Waals surface area contributed by atoms with Crippen LogP contribution in [0.4, 0.5) is 4.39 Å². The Hall–Kier alpha value is -0.970. The highest BCUT2D eigenvalue weighted by Gasteiger charge is 2.08. The molecule has 0 aliphatic rings. The Morgan fingerprint density at radius 2 is 2.28 bits per heavy atom. The topological polar surface area (TPSA) is 24.9 Å². The van der Waals surface area contributed by atoms with E-state index in [2.05, 4.69) is 17.2 Å². The molecule has 0 atom stereocenters. The number of aromatic nitrogens is 1. The molecule has 0 fully saturated rings. The summed E-state index contributed by atoms with van der Waals surface area (Å²) >= 11 is 7.60. The number of hydrogen-bond acceptors (Lipinski definition) is 3. The largest absolute Gasteiger partial charge is 0.310 e. The van der Waals surface area contributed by atoms with Gasteiger partial charge in [0.2, 0.25) is 0 Å². The minimum absolute atomic E-state index is 0.321. The van der Waals surface area contributed by atoms with Crippen LogP contribution in [0.5, 0.6) is 0 Å². The minimum atomic E-state index is -0.321. The molecule has 0 saturated carbocycles. The predicted molar refractivity (Wildman–Crippen MR) is 74.5 cm³/mol. The average molecular weight is 285 g/mol. The Labute approximate surface area is 115 Å². The van der Waals surface area contributed by atoms with Gasteiger partial charge in [-0.3, -0.25) is 0 Å². The van der Waals surface area contributed by atoms with Gasteiger partial charge in [0, 0.05) is 18.3 Å². The second-order valence-corrected chi connectivity index (χ2v) is 5.44. The van der Waals surface area contributed by atoms with Crippen molar-refractivity contribution in [3.63, 3.8) is 0 Å². The Kier molecular flexibility index (Phi) is 4.69. The maximum Gasteiger partial charge on any atom is 0.124 e. The normalized spacial score (nSPS) is 10.8. The molecule has 5 heteroatoms. The van der Waals surface area contributed by atoms with E-state index in [1.807, 2.05) is 0 Å². The van der Waals surface area contributed by atoms with Crippen molar-refractivity contribution >= 4 is 22.9 Å². The third-order valence-electron chi connectivity index (χ3n) is 2.45. The lowest BCUT2D eigenvalue weighted by molar-refractivity contribution is 0.628. The van der Waals surface area contributed by atoms with Crippen molar-refractivity contribution in [2.45, 2.75) is 19.9 Å². The van der Waals surface area contributed by atoms with E-state index >= 15 is 0 Å². The first-order valence-corrected chi connectivity index (χ1v) is 7.01. The van der Waals surface area contributed by atoms with Crippen LogP contribution >= 0.6 is 22.9 Å². The van der Waals surface area contributed by atoms with Gasteiger partial charge >= 0.3 is 0 Å². The van der Waals surface area contributed by atoms with Gasteiger partial charge in [0.05, 0.1) is 9.90 Å². The first-order chi connectivity index (χ1) is 8.70. The van der Waals surface area contributed by atoms with Crippen LogP contribution in [-0.2, 0) is 6.54 Å². The van der Waals surface area contributed by atoms with Crippen LogP contribution in [0.25, 0.3) is 10.4 Å². The Bertz CT molecular complexity index is 527. The molecule has 2 rings (SSSR count). The van der Waals surface area contributed by atoms with E-state index in [1.165, 1.54) is 12.1 Å². The lowest BCUT2D eigenvalue weighted by Gasteiger charge is -2.00. The molecule has 0 aliphatic heterocycles. The highest BCUT2D eigenvalue weighted by Crippen LogP contribution is 2.32. The van der Waals surface area contributed by atoms with E-state index in [0.29, 0.717) is 5.02 Å². The van der Waals surface area contributed by atoms with Gasteiger partial charge in [0.25, 0.3) is 0 Å². The number of nitrogens with zero attached hydrogens (tertiary/aromatic N) is 1. The molecule has 1 heterocycles. The van der Waals surface area contributed by atoms with Crippen molar-refractivity contribution in [1.82, 2.24) is 10.3 Å². The molecule has 18 heavy (non-hydrogen) atoms. The summed E-state index contributed by atoms with van der Waals surface area (Å²) in [6.07, 6.45) is 2.88. The lowest BCUT2D eigenvalue weighted by atomic mass is 10.2. The maximum atomic E-state index is 13.0. The van der Waals surface area contributed by atoms with Gasteiger partial charge in [0.1, 0.15) is 10.8 Å². The van der Waals surface area contributed by atoms with E-state index in [4.69, 9.17) is 11.6 Å². The quantitative estimate of drug-likeness (QED) is 0.836. The molecule has 1 aromatic heterocycles. The van der Waals surface area contributed by atoms with Crippen molar-refractivity contribution < 1.29 is 4.39 Å². The second-order valence-electron chi connectivity index (χ2n) is 3.92. The molecule has 0 aliphatic carbocycles. The van der Waals surface area contributed by atoms with Gasteiger partial charge in [-0.2, -0.15) is 0 Å². The fourth-order valence-corrected chi connectivity index (χ4v) is 2.83. The third kappa shape index (κ3) is 3.28. The zero-order valence-corrected chi connectivity index (χ0v) is 11.6. The molecule has 2 nitrogen and oxygen atoms in total. The molecule has 1 aromatic carbocycles. The number of hydrogen-bond donors (Lipinski definition) is 1. The Morgan fingerprint density at radius 1 is 1.44 bits per heavy atom. The molecule has 0 spiro atoms. The van der Waals surface area contributed by atoms with Crippen LogP contribution in [0.3, 0.4) is 0 Å². The molecular weight excluding hydrogens is 271 g/mol. The molecule has 0 radical (unpaired) electrons. The average Bonchev–Trinajstić information content (AvgIpc) is 2.78. The predicted octanol–water partition coefficient (Wildman–Crippen LogP) is 4.10. The second kappa shape index (κ2) is 6.27. The fraction of sp³-hybridized carbons (Fsp3) is 0.308. The summed E-state index contributed by atoms with van der Waals surface area (Å²) in [7, 11) is 0. The number of nitrogens with one attached hydrogen (secondary N) is 1. The van der Waals surface area contributed by atoms with Crippen LogP contribution in [0.15, 0.2) is 24.4 Å². The van der Waals surface area contributed by atoms with Gasteiger partial charge in [-0.25, -0.2) is 9.37 Å². The van der Waals surface area contributed by atoms with Crippen LogP contribution in [0.2, 0.25) is 5.02 Å². The van der Waals surface area contributed by atoms with Crippen molar-refractivity contribution in [3.05, 3.63) is 40.2 Å². The molecule has 0 amide bonds. The smallest absolute Gasteiger partial charge is 0.124 e. The molecule has 1 N–H and O–H groups in total. The lowest BCUT2D eigenvalue weighted by Crippen LogP contribution is -2.13.